The van der Waals surface area contributed by atoms with Crippen molar-refractivity contribution in [1.82, 2.24) is 24.9 Å². The van der Waals surface area contributed by atoms with Gasteiger partial charge >= 0.3 is 0 Å². The van der Waals surface area contributed by atoms with Crippen LogP contribution in [0.1, 0.15) is 7.43 Å². The summed E-state index contributed by atoms with van der Waals surface area (Å²) in [4.78, 5) is 21.5. The van der Waals surface area contributed by atoms with E-state index in [0.29, 0.717) is 10.9 Å². The first-order valence-electron chi connectivity index (χ1n) is 16.9. The van der Waals surface area contributed by atoms with Gasteiger partial charge in [0.1, 0.15) is 22.1 Å². The van der Waals surface area contributed by atoms with Crippen molar-refractivity contribution in [3.63, 3.8) is 0 Å². The first-order chi connectivity index (χ1) is 27.0. The van der Waals surface area contributed by atoms with E-state index in [0.717, 1.165) is 26.1 Å². The highest BCUT2D eigenvalue weighted by atomic mass is 79.9. The number of pyridine rings is 5. The normalized spacial score (nSPS) is 10.3. The third-order valence-corrected chi connectivity index (χ3v) is 14.8. The molecule has 56 heavy (non-hydrogen) atoms. The van der Waals surface area contributed by atoms with Crippen LogP contribution in [0, 0.1) is 0 Å². The van der Waals surface area contributed by atoms with Gasteiger partial charge in [0.25, 0.3) is 0 Å². The van der Waals surface area contributed by atoms with Gasteiger partial charge in [0, 0.05) is 49.5 Å². The van der Waals surface area contributed by atoms with Crippen LogP contribution < -0.4 is 37.7 Å². The van der Waals surface area contributed by atoms with Crippen molar-refractivity contribution in [2.24, 2.45) is 0 Å². The maximum absolute atomic E-state index is 13.7. The van der Waals surface area contributed by atoms with Gasteiger partial charge in [0.15, 0.2) is 0 Å². The maximum atomic E-state index is 13.7. The summed E-state index contributed by atoms with van der Waals surface area (Å²) in [5, 5.41) is 3.03. The molecule has 0 fully saturated rings. The summed E-state index contributed by atoms with van der Waals surface area (Å²) in [7, 11) is -3.67. The van der Waals surface area contributed by atoms with Gasteiger partial charge in [-0.2, -0.15) is 0 Å². The Balaban J connectivity index is 0.000000179. The van der Waals surface area contributed by atoms with Gasteiger partial charge in [0.05, 0.1) is 10.9 Å². The average Bonchev–Trinajstić information content (AvgIpc) is 3.27. The molecule has 8 rings (SSSR count). The molecule has 0 aliphatic rings. The molecule has 0 spiro atoms. The zero-order chi connectivity index (χ0) is 38.6. The molecule has 0 saturated heterocycles. The van der Waals surface area contributed by atoms with Gasteiger partial charge in [0.2, 0.25) is 7.14 Å². The van der Waals surface area contributed by atoms with Crippen LogP contribution in [0.25, 0.3) is 0 Å². The lowest BCUT2D eigenvalue weighted by molar-refractivity contribution is 0.591. The second kappa shape index (κ2) is 24.3. The summed E-state index contributed by atoms with van der Waals surface area (Å²) >= 11 is 14.5. The van der Waals surface area contributed by atoms with E-state index >= 15 is 0 Å². The van der Waals surface area contributed by atoms with E-state index in [1.54, 1.807) is 30.7 Å². The number of aromatic nitrogens is 5. The predicted molar refractivity (Wildman–Crippen MR) is 246 cm³/mol. The van der Waals surface area contributed by atoms with E-state index in [1.807, 2.05) is 146 Å². The molecule has 8 aromatic rings. The summed E-state index contributed by atoms with van der Waals surface area (Å²) in [5.74, 6) is 0. The fourth-order valence-electron chi connectivity index (χ4n) is 4.91. The summed E-state index contributed by atoms with van der Waals surface area (Å²) in [6.45, 7) is -0.951. The van der Waals surface area contributed by atoms with Gasteiger partial charge in [-0.25, -0.2) is 4.98 Å². The van der Waals surface area contributed by atoms with E-state index in [-0.39, 0.29) is 7.43 Å². The molecule has 5 aromatic heterocycles. The number of rotatable bonds is 7. The van der Waals surface area contributed by atoms with Crippen LogP contribution in [0.2, 0.25) is 0 Å². The average molecular weight is 898 g/mol. The Morgan fingerprint density at radius 1 is 0.429 bits per heavy atom. The van der Waals surface area contributed by atoms with E-state index in [1.165, 1.54) is 5.30 Å². The van der Waals surface area contributed by atoms with Crippen molar-refractivity contribution >= 4 is 97.8 Å². The van der Waals surface area contributed by atoms with Crippen LogP contribution in [0.4, 0.5) is 0 Å². The molecule has 0 aliphatic heterocycles. The maximum Gasteiger partial charge on any atom is 0.205 e. The van der Waals surface area contributed by atoms with Gasteiger partial charge in [-0.15, -0.1) is 0 Å². The smallest absolute Gasteiger partial charge is 0.205 e. The molecule has 0 atom stereocenters. The van der Waals surface area contributed by atoms with Crippen molar-refractivity contribution < 1.29 is 4.57 Å². The van der Waals surface area contributed by atoms with E-state index < -0.39 is 21.7 Å². The lowest BCUT2D eigenvalue weighted by atomic mass is 10.4. The third kappa shape index (κ3) is 13.4. The Morgan fingerprint density at radius 3 is 1.12 bits per heavy atom. The van der Waals surface area contributed by atoms with Gasteiger partial charge in [-0.1, -0.05) is 151 Å². The molecule has 0 bridgehead atoms. The Kier molecular flexibility index (Phi) is 19.2. The fraction of sp³-hybridized carbons (Fsp3) is 0.0227. The molecule has 6 nitrogen and oxygen atoms in total. The highest BCUT2D eigenvalue weighted by molar-refractivity contribution is 9.10. The van der Waals surface area contributed by atoms with Crippen molar-refractivity contribution in [3.05, 3.63) is 218 Å². The molecular formula is C44H39BrCl2N5OP3. The molecular weight excluding hydrogens is 858 g/mol. The Bertz CT molecular complexity index is 2080. The largest absolute Gasteiger partial charge is 0.305 e. The van der Waals surface area contributed by atoms with Gasteiger partial charge in [-0.3, -0.25) is 19.9 Å². The molecule has 5 heterocycles. The van der Waals surface area contributed by atoms with Gasteiger partial charge < -0.3 is 4.57 Å². The van der Waals surface area contributed by atoms with Crippen LogP contribution in [0.3, 0.4) is 0 Å². The molecule has 0 radical (unpaired) electrons. The zero-order valence-corrected chi connectivity index (χ0v) is 35.1. The lowest BCUT2D eigenvalue weighted by Crippen LogP contribution is -2.28. The van der Waals surface area contributed by atoms with E-state index in [2.05, 4.69) is 77.2 Å². The van der Waals surface area contributed by atoms with Crippen LogP contribution in [0.5, 0.6) is 0 Å². The number of hydrogen-bond donors (Lipinski definition) is 0. The number of halogens is 3. The van der Waals surface area contributed by atoms with E-state index in [4.69, 9.17) is 22.5 Å². The third-order valence-electron chi connectivity index (χ3n) is 7.41. The summed E-state index contributed by atoms with van der Waals surface area (Å²) in [5.41, 5.74) is 3.29. The number of benzene rings is 3. The second-order valence-electron chi connectivity index (χ2n) is 11.1. The molecule has 0 amide bonds. The Hall–Kier alpha value is -4.44. The van der Waals surface area contributed by atoms with Crippen LogP contribution in [-0.2, 0) is 4.57 Å². The summed E-state index contributed by atoms with van der Waals surface area (Å²) in [6, 6.07) is 58.2. The second-order valence-corrected chi connectivity index (χ2v) is 20.2. The zero-order valence-electron chi connectivity index (χ0n) is 29.3. The standard InChI is InChI=1S/C16H13N2OP.C16H13N2P.C6H5Cl2P.C5H4BrN.CH4/c19-20(14-8-2-1-3-9-14,15-10-4-6-12-17-15)16-11-5-7-13-18-16;1-2-8-14(9-3-1)19(15-10-4-6-12-17-15)16-11-5-7-13-18-16;7-9(8)6-4-2-1-3-5-6;6-5-3-1-2-4-7-5;/h1-13H;1-13H;1-5H;1-4H;1H4. The monoisotopic (exact) mass is 895 g/mol. The quantitative estimate of drug-likeness (QED) is 0.117. The minimum atomic E-state index is -3.00. The molecule has 282 valence electrons. The SMILES string of the molecule is Brc1ccccn1.C.ClP(Cl)c1ccccc1.O=P(c1ccccc1)(c1ccccn1)c1ccccn1.c1ccc(P(c2ccccn2)c2ccccn2)cc1. The number of hydrogen-bond acceptors (Lipinski definition) is 6. The molecule has 12 heteroatoms. The summed E-state index contributed by atoms with van der Waals surface area (Å²) < 4.78 is 14.6. The first kappa shape index (κ1) is 44.3. The minimum Gasteiger partial charge on any atom is -0.305 e. The predicted octanol–water partition coefficient (Wildman–Crippen LogP) is 9.93. The highest BCUT2D eigenvalue weighted by Gasteiger charge is 2.32. The van der Waals surface area contributed by atoms with E-state index in [9.17, 15) is 4.57 Å². The Morgan fingerprint density at radius 2 is 0.804 bits per heavy atom. The van der Waals surface area contributed by atoms with Crippen molar-refractivity contribution in [1.29, 1.82) is 0 Å². The molecule has 0 aliphatic carbocycles. The lowest BCUT2D eigenvalue weighted by Gasteiger charge is -2.17. The highest BCUT2D eigenvalue weighted by Crippen LogP contribution is 2.45. The molecule has 3 aromatic carbocycles. The van der Waals surface area contributed by atoms with Crippen LogP contribution in [0.15, 0.2) is 218 Å². The molecule has 0 saturated carbocycles. The number of nitrogens with zero attached hydrogens (tertiary/aromatic N) is 5. The van der Waals surface area contributed by atoms with Crippen LogP contribution >= 0.6 is 60.1 Å². The summed E-state index contributed by atoms with van der Waals surface area (Å²) in [6.07, 6.45) is 8.75. The fourth-order valence-corrected chi connectivity index (χ4v) is 10.7. The topological polar surface area (TPSA) is 81.5 Å². The molecule has 0 N–H and O–H groups in total. The first-order valence-corrected chi connectivity index (χ1v) is 23.9. The van der Waals surface area contributed by atoms with Crippen molar-refractivity contribution in [3.8, 4) is 0 Å². The molecule has 0 unspecified atom stereocenters. The van der Waals surface area contributed by atoms with Crippen LogP contribution in [-0.4, -0.2) is 24.9 Å². The van der Waals surface area contributed by atoms with Gasteiger partial charge in [-0.05, 0) is 81.9 Å². The van der Waals surface area contributed by atoms with Crippen molar-refractivity contribution in [2.75, 3.05) is 0 Å². The van der Waals surface area contributed by atoms with Crippen molar-refractivity contribution in [2.45, 2.75) is 7.43 Å². The Labute approximate surface area is 350 Å². The minimum absolute atomic E-state index is 0.